The van der Waals surface area contributed by atoms with Crippen molar-refractivity contribution in [3.8, 4) is 5.69 Å². The zero-order valence-corrected chi connectivity index (χ0v) is 16.0. The van der Waals surface area contributed by atoms with Crippen molar-refractivity contribution in [1.82, 2.24) is 15.1 Å². The minimum Gasteiger partial charge on any atom is -0.322 e. The molecule has 0 aliphatic rings. The fourth-order valence-electron chi connectivity index (χ4n) is 3.04. The van der Waals surface area contributed by atoms with E-state index in [0.717, 1.165) is 17.4 Å². The first kappa shape index (κ1) is 19.7. The van der Waals surface area contributed by atoms with E-state index >= 15 is 0 Å². The summed E-state index contributed by atoms with van der Waals surface area (Å²) in [5.41, 5.74) is 3.37. The molecular weight excluding hydrogens is 362 g/mol. The zero-order valence-electron chi connectivity index (χ0n) is 16.0. The number of para-hydroxylation sites is 1. The van der Waals surface area contributed by atoms with Gasteiger partial charge < -0.3 is 10.6 Å². The van der Waals surface area contributed by atoms with E-state index < -0.39 is 17.7 Å². The van der Waals surface area contributed by atoms with Crippen LogP contribution in [-0.2, 0) is 4.79 Å². The summed E-state index contributed by atoms with van der Waals surface area (Å²) in [6, 6.07) is 12.6. The molecule has 28 heavy (non-hydrogen) atoms. The van der Waals surface area contributed by atoms with Gasteiger partial charge in [0.05, 0.1) is 29.3 Å². The van der Waals surface area contributed by atoms with E-state index in [0.29, 0.717) is 16.9 Å². The van der Waals surface area contributed by atoms with Crippen LogP contribution in [0.4, 0.5) is 14.5 Å². The Bertz CT molecular complexity index is 986. The maximum absolute atomic E-state index is 13.9. The normalized spacial score (nSPS) is 12.0. The van der Waals surface area contributed by atoms with Crippen LogP contribution in [0.3, 0.4) is 0 Å². The molecule has 0 spiro atoms. The van der Waals surface area contributed by atoms with Gasteiger partial charge in [-0.1, -0.05) is 24.3 Å². The summed E-state index contributed by atoms with van der Waals surface area (Å²) < 4.78 is 28.7. The molecule has 146 valence electrons. The molecule has 1 atom stereocenters. The first-order chi connectivity index (χ1) is 13.4. The lowest BCUT2D eigenvalue weighted by molar-refractivity contribution is -0.115. The summed E-state index contributed by atoms with van der Waals surface area (Å²) in [6.45, 7) is 5.40. The Morgan fingerprint density at radius 3 is 2.54 bits per heavy atom. The average molecular weight is 384 g/mol. The summed E-state index contributed by atoms with van der Waals surface area (Å²) in [7, 11) is 0. The van der Waals surface area contributed by atoms with Crippen molar-refractivity contribution >= 4 is 11.6 Å². The van der Waals surface area contributed by atoms with Gasteiger partial charge in [-0.25, -0.2) is 13.5 Å². The maximum Gasteiger partial charge on any atom is 0.238 e. The second-order valence-electron chi connectivity index (χ2n) is 6.61. The first-order valence-corrected chi connectivity index (χ1v) is 8.96. The Hall–Kier alpha value is -3.06. The molecule has 2 N–H and O–H groups in total. The van der Waals surface area contributed by atoms with Crippen molar-refractivity contribution in [2.45, 2.75) is 26.8 Å². The number of nitrogens with zero attached hydrogens (tertiary/aromatic N) is 2. The third-order valence-corrected chi connectivity index (χ3v) is 4.55. The highest BCUT2D eigenvalue weighted by atomic mass is 19.1. The Morgan fingerprint density at radius 2 is 1.86 bits per heavy atom. The number of carbonyl (C=O) groups is 1. The van der Waals surface area contributed by atoms with Crippen molar-refractivity contribution in [2.24, 2.45) is 0 Å². The molecule has 0 aliphatic carbocycles. The van der Waals surface area contributed by atoms with Crippen LogP contribution >= 0.6 is 0 Å². The SMILES string of the molecule is Cc1nn(-c2ccccc2)c(C)c1NC(=O)CNC(C)c1ccc(F)cc1F. The number of anilines is 1. The number of rotatable bonds is 6. The number of aromatic nitrogens is 2. The molecule has 0 aliphatic heterocycles. The molecule has 3 rings (SSSR count). The number of hydrogen-bond acceptors (Lipinski definition) is 3. The van der Waals surface area contributed by atoms with Gasteiger partial charge >= 0.3 is 0 Å². The Labute approximate surface area is 162 Å². The van der Waals surface area contributed by atoms with Gasteiger partial charge in [0.1, 0.15) is 11.6 Å². The van der Waals surface area contributed by atoms with Gasteiger partial charge in [0.2, 0.25) is 5.91 Å². The van der Waals surface area contributed by atoms with E-state index in [-0.39, 0.29) is 12.5 Å². The highest BCUT2D eigenvalue weighted by molar-refractivity contribution is 5.93. The summed E-state index contributed by atoms with van der Waals surface area (Å²) in [6.07, 6.45) is 0. The summed E-state index contributed by atoms with van der Waals surface area (Å²) in [5, 5.41) is 10.3. The van der Waals surface area contributed by atoms with Gasteiger partial charge in [0.25, 0.3) is 0 Å². The highest BCUT2D eigenvalue weighted by Gasteiger charge is 2.17. The minimum absolute atomic E-state index is 0.0205. The van der Waals surface area contributed by atoms with Gasteiger partial charge in [-0.05, 0) is 39.0 Å². The van der Waals surface area contributed by atoms with Crippen molar-refractivity contribution in [3.63, 3.8) is 0 Å². The third kappa shape index (κ3) is 4.26. The van der Waals surface area contributed by atoms with Gasteiger partial charge in [0, 0.05) is 17.7 Å². The molecule has 5 nitrogen and oxygen atoms in total. The van der Waals surface area contributed by atoms with Gasteiger partial charge in [-0.3, -0.25) is 4.79 Å². The lowest BCUT2D eigenvalue weighted by atomic mass is 10.1. The Morgan fingerprint density at radius 1 is 1.14 bits per heavy atom. The lowest BCUT2D eigenvalue weighted by Gasteiger charge is -2.15. The molecular formula is C21H22F2N4O. The topological polar surface area (TPSA) is 59.0 Å². The van der Waals surface area contributed by atoms with E-state index in [1.807, 2.05) is 44.2 Å². The fourth-order valence-corrected chi connectivity index (χ4v) is 3.04. The number of hydrogen-bond donors (Lipinski definition) is 2. The molecule has 1 unspecified atom stereocenters. The van der Waals surface area contributed by atoms with Crippen LogP contribution in [0.5, 0.6) is 0 Å². The van der Waals surface area contributed by atoms with Crippen LogP contribution < -0.4 is 10.6 Å². The molecule has 3 aromatic rings. The predicted octanol–water partition coefficient (Wildman–Crippen LogP) is 4.06. The molecule has 0 saturated carbocycles. The van der Waals surface area contributed by atoms with E-state index in [9.17, 15) is 13.6 Å². The summed E-state index contributed by atoms with van der Waals surface area (Å²) >= 11 is 0. The fraction of sp³-hybridized carbons (Fsp3) is 0.238. The average Bonchev–Trinajstić information content (AvgIpc) is 2.95. The van der Waals surface area contributed by atoms with E-state index in [1.54, 1.807) is 11.6 Å². The number of nitrogens with one attached hydrogen (secondary N) is 2. The molecule has 1 amide bonds. The molecule has 0 bridgehead atoms. The number of halogens is 2. The Balaban J connectivity index is 1.66. The number of amides is 1. The molecule has 2 aromatic carbocycles. The van der Waals surface area contributed by atoms with Crippen LogP contribution in [0.2, 0.25) is 0 Å². The second-order valence-corrected chi connectivity index (χ2v) is 6.61. The zero-order chi connectivity index (χ0) is 20.3. The van der Waals surface area contributed by atoms with E-state index in [1.165, 1.54) is 12.1 Å². The monoisotopic (exact) mass is 384 g/mol. The third-order valence-electron chi connectivity index (χ3n) is 4.55. The quantitative estimate of drug-likeness (QED) is 0.674. The van der Waals surface area contributed by atoms with Crippen molar-refractivity contribution in [2.75, 3.05) is 11.9 Å². The molecule has 1 heterocycles. The van der Waals surface area contributed by atoms with E-state index in [4.69, 9.17) is 0 Å². The van der Waals surface area contributed by atoms with Gasteiger partial charge in [0.15, 0.2) is 0 Å². The molecule has 0 radical (unpaired) electrons. The largest absolute Gasteiger partial charge is 0.322 e. The number of carbonyl (C=O) groups excluding carboxylic acids is 1. The van der Waals surface area contributed by atoms with Crippen molar-refractivity contribution in [3.05, 3.63) is 77.1 Å². The van der Waals surface area contributed by atoms with Crippen molar-refractivity contribution < 1.29 is 13.6 Å². The van der Waals surface area contributed by atoms with Crippen LogP contribution in [-0.4, -0.2) is 22.2 Å². The Kier molecular flexibility index (Phi) is 5.84. The predicted molar refractivity (Wildman–Crippen MR) is 104 cm³/mol. The molecule has 0 fully saturated rings. The van der Waals surface area contributed by atoms with Gasteiger partial charge in [-0.2, -0.15) is 5.10 Å². The van der Waals surface area contributed by atoms with Crippen LogP contribution in [0.25, 0.3) is 5.69 Å². The summed E-state index contributed by atoms with van der Waals surface area (Å²) in [4.78, 5) is 12.4. The number of benzene rings is 2. The summed E-state index contributed by atoms with van der Waals surface area (Å²) in [5.74, 6) is -1.54. The standard InChI is InChI=1S/C21H22F2N4O/c1-13(18-10-9-16(22)11-19(18)23)24-12-20(28)25-21-14(2)26-27(15(21)3)17-7-5-4-6-8-17/h4-11,13,24H,12H2,1-3H3,(H,25,28). The van der Waals surface area contributed by atoms with Crippen LogP contribution in [0.1, 0.15) is 29.9 Å². The lowest BCUT2D eigenvalue weighted by Crippen LogP contribution is -2.30. The first-order valence-electron chi connectivity index (χ1n) is 8.96. The number of aryl methyl sites for hydroxylation is 1. The maximum atomic E-state index is 13.9. The molecule has 0 saturated heterocycles. The van der Waals surface area contributed by atoms with Crippen molar-refractivity contribution in [1.29, 1.82) is 0 Å². The minimum atomic E-state index is -0.642. The van der Waals surface area contributed by atoms with Gasteiger partial charge in [-0.15, -0.1) is 0 Å². The molecule has 1 aromatic heterocycles. The molecule has 7 heteroatoms. The van der Waals surface area contributed by atoms with Crippen LogP contribution in [0.15, 0.2) is 48.5 Å². The second kappa shape index (κ2) is 8.31. The highest BCUT2D eigenvalue weighted by Crippen LogP contribution is 2.23. The van der Waals surface area contributed by atoms with Crippen LogP contribution in [0, 0.1) is 25.5 Å². The smallest absolute Gasteiger partial charge is 0.238 e. The van der Waals surface area contributed by atoms with E-state index in [2.05, 4.69) is 15.7 Å².